The van der Waals surface area contributed by atoms with Gasteiger partial charge in [0.25, 0.3) is 0 Å². The van der Waals surface area contributed by atoms with E-state index < -0.39 is 11.7 Å². The highest BCUT2D eigenvalue weighted by molar-refractivity contribution is 5.94. The van der Waals surface area contributed by atoms with Gasteiger partial charge in [0.05, 0.1) is 0 Å². The normalized spacial score (nSPS) is 23.8. The summed E-state index contributed by atoms with van der Waals surface area (Å²) in [6.45, 7) is 8.62. The summed E-state index contributed by atoms with van der Waals surface area (Å²) in [5, 5.41) is 3.40. The van der Waals surface area contributed by atoms with Gasteiger partial charge in [-0.05, 0) is 46.6 Å². The molecule has 1 rings (SSSR count). The van der Waals surface area contributed by atoms with Crippen LogP contribution < -0.4 is 5.32 Å². The molecule has 4 nitrogen and oxygen atoms in total. The molecular formula is C13H24N2O2. The first-order chi connectivity index (χ1) is 7.90. The van der Waals surface area contributed by atoms with Gasteiger partial charge in [-0.25, -0.2) is 4.79 Å². The van der Waals surface area contributed by atoms with Crippen LogP contribution in [-0.2, 0) is 4.74 Å². The van der Waals surface area contributed by atoms with Crippen molar-refractivity contribution in [1.29, 1.82) is 0 Å². The van der Waals surface area contributed by atoms with E-state index in [4.69, 9.17) is 4.74 Å². The van der Waals surface area contributed by atoms with Crippen LogP contribution in [0.3, 0.4) is 0 Å². The molecule has 1 N–H and O–H groups in total. The Hall–Kier alpha value is -0.900. The molecule has 1 saturated carbocycles. The summed E-state index contributed by atoms with van der Waals surface area (Å²) in [6.07, 6.45) is 3.60. The molecule has 0 radical (unpaired) electrons. The van der Waals surface area contributed by atoms with Crippen LogP contribution in [0.5, 0.6) is 0 Å². The fourth-order valence-electron chi connectivity index (χ4n) is 2.02. The van der Waals surface area contributed by atoms with Gasteiger partial charge in [-0.3, -0.25) is 0 Å². The summed E-state index contributed by atoms with van der Waals surface area (Å²) in [7, 11) is 0. The maximum absolute atomic E-state index is 11.6. The fraction of sp³-hybridized carbons (Fsp3) is 0.846. The number of nitrogens with one attached hydrogen (secondary N) is 1. The number of carbonyl (C=O) groups is 1. The van der Waals surface area contributed by atoms with Gasteiger partial charge in [-0.2, -0.15) is 4.99 Å². The molecule has 4 heteroatoms. The van der Waals surface area contributed by atoms with Gasteiger partial charge < -0.3 is 10.1 Å². The highest BCUT2D eigenvalue weighted by atomic mass is 16.6. The van der Waals surface area contributed by atoms with Crippen molar-refractivity contribution in [3.05, 3.63) is 0 Å². The Morgan fingerprint density at radius 2 is 2.24 bits per heavy atom. The molecule has 0 saturated heterocycles. The third-order valence-electron chi connectivity index (χ3n) is 2.64. The molecule has 0 heterocycles. The summed E-state index contributed by atoms with van der Waals surface area (Å²) in [5.41, 5.74) is 0.508. The molecular weight excluding hydrogens is 216 g/mol. The van der Waals surface area contributed by atoms with Crippen LogP contribution in [0.15, 0.2) is 4.99 Å². The second-order valence-corrected chi connectivity index (χ2v) is 5.51. The number of aliphatic imine (C=N–C) groups is 1. The van der Waals surface area contributed by atoms with Gasteiger partial charge in [-0.15, -0.1) is 0 Å². The lowest BCUT2D eigenvalue weighted by molar-refractivity contribution is 0.0603. The lowest BCUT2D eigenvalue weighted by Gasteiger charge is -2.24. The maximum Gasteiger partial charge on any atom is 0.434 e. The Balaban J connectivity index is 2.50. The molecule has 0 aromatic rings. The first kappa shape index (κ1) is 14.2. The number of rotatable bonds is 2. The van der Waals surface area contributed by atoms with E-state index in [9.17, 15) is 4.79 Å². The average Bonchev–Trinajstić information content (AvgIpc) is 2.15. The van der Waals surface area contributed by atoms with Crippen molar-refractivity contribution >= 4 is 11.8 Å². The number of carbonyl (C=O) groups excluding carboxylic acids is 1. The van der Waals surface area contributed by atoms with Crippen molar-refractivity contribution in [1.82, 2.24) is 5.32 Å². The lowest BCUT2D eigenvalue weighted by Crippen LogP contribution is -2.34. The van der Waals surface area contributed by atoms with E-state index in [1.54, 1.807) is 0 Å². The third-order valence-corrected chi connectivity index (χ3v) is 2.64. The number of hydrogen-bond acceptors (Lipinski definition) is 3. The molecule has 0 aliphatic heterocycles. The summed E-state index contributed by atoms with van der Waals surface area (Å²) < 4.78 is 5.19. The zero-order chi connectivity index (χ0) is 12.9. The Morgan fingerprint density at radius 3 is 2.82 bits per heavy atom. The van der Waals surface area contributed by atoms with E-state index in [0.717, 1.165) is 31.5 Å². The summed E-state index contributed by atoms with van der Waals surface area (Å²) in [6, 6.07) is 0.468. The standard InChI is InChI=1S/C13H24N2O2/c1-5-14-10-7-6-8-11(9-10)15-12(16)17-13(2,3)4/h10,14H,5-9H2,1-4H3/b15-11-/t10-/m0/s1. The highest BCUT2D eigenvalue weighted by Gasteiger charge is 2.20. The first-order valence-corrected chi connectivity index (χ1v) is 6.43. The lowest BCUT2D eigenvalue weighted by atomic mass is 9.93. The van der Waals surface area contributed by atoms with Gasteiger partial charge in [0, 0.05) is 18.2 Å². The topological polar surface area (TPSA) is 50.7 Å². The van der Waals surface area contributed by atoms with Crippen molar-refractivity contribution in [2.24, 2.45) is 4.99 Å². The van der Waals surface area contributed by atoms with Crippen molar-refractivity contribution in [3.63, 3.8) is 0 Å². The van der Waals surface area contributed by atoms with E-state index in [1.807, 2.05) is 20.8 Å². The molecule has 0 aromatic carbocycles. The van der Waals surface area contributed by atoms with Crippen LogP contribution in [0, 0.1) is 0 Å². The van der Waals surface area contributed by atoms with Crippen LogP contribution >= 0.6 is 0 Å². The molecule has 1 aliphatic carbocycles. The Morgan fingerprint density at radius 1 is 1.53 bits per heavy atom. The van der Waals surface area contributed by atoms with Crippen molar-refractivity contribution in [2.75, 3.05) is 6.54 Å². The monoisotopic (exact) mass is 240 g/mol. The minimum atomic E-state index is -0.461. The van der Waals surface area contributed by atoms with Crippen molar-refractivity contribution in [3.8, 4) is 0 Å². The number of nitrogens with zero attached hydrogens (tertiary/aromatic N) is 1. The first-order valence-electron chi connectivity index (χ1n) is 6.43. The second kappa shape index (κ2) is 6.15. The minimum Gasteiger partial charge on any atom is -0.442 e. The molecule has 98 valence electrons. The van der Waals surface area contributed by atoms with E-state index in [-0.39, 0.29) is 0 Å². The molecule has 0 spiro atoms. The van der Waals surface area contributed by atoms with E-state index >= 15 is 0 Å². The Kier molecular flexibility index (Phi) is 5.12. The maximum atomic E-state index is 11.6. The number of hydrogen-bond donors (Lipinski definition) is 1. The van der Waals surface area contributed by atoms with Crippen LogP contribution in [-0.4, -0.2) is 30.0 Å². The smallest absolute Gasteiger partial charge is 0.434 e. The van der Waals surface area contributed by atoms with Gasteiger partial charge in [-0.1, -0.05) is 6.92 Å². The zero-order valence-electron chi connectivity index (χ0n) is 11.4. The molecule has 1 amide bonds. The number of ether oxygens (including phenoxy) is 1. The van der Waals surface area contributed by atoms with E-state index in [1.165, 1.54) is 6.42 Å². The van der Waals surface area contributed by atoms with E-state index in [2.05, 4.69) is 17.2 Å². The predicted molar refractivity (Wildman–Crippen MR) is 69.6 cm³/mol. The van der Waals surface area contributed by atoms with Gasteiger partial charge in [0.15, 0.2) is 0 Å². The third kappa shape index (κ3) is 5.82. The molecule has 0 aromatic heterocycles. The quantitative estimate of drug-likeness (QED) is 0.807. The van der Waals surface area contributed by atoms with Gasteiger partial charge in [0.1, 0.15) is 5.60 Å². The van der Waals surface area contributed by atoms with Crippen molar-refractivity contribution in [2.45, 2.75) is 65.0 Å². The fourth-order valence-corrected chi connectivity index (χ4v) is 2.02. The molecule has 1 fully saturated rings. The zero-order valence-corrected chi connectivity index (χ0v) is 11.4. The highest BCUT2D eigenvalue weighted by Crippen LogP contribution is 2.17. The van der Waals surface area contributed by atoms with Crippen LogP contribution in [0.4, 0.5) is 4.79 Å². The summed E-state index contributed by atoms with van der Waals surface area (Å²) >= 11 is 0. The van der Waals surface area contributed by atoms with Crippen molar-refractivity contribution < 1.29 is 9.53 Å². The summed E-state index contributed by atoms with van der Waals surface area (Å²) in [4.78, 5) is 15.6. The van der Waals surface area contributed by atoms with E-state index in [0.29, 0.717) is 6.04 Å². The average molecular weight is 240 g/mol. The molecule has 17 heavy (non-hydrogen) atoms. The molecule has 0 bridgehead atoms. The van der Waals surface area contributed by atoms with Crippen LogP contribution in [0.25, 0.3) is 0 Å². The molecule has 1 atom stereocenters. The summed E-state index contributed by atoms with van der Waals surface area (Å²) in [5.74, 6) is 0. The largest absolute Gasteiger partial charge is 0.442 e. The Bertz CT molecular complexity index is 290. The molecule has 1 aliphatic rings. The van der Waals surface area contributed by atoms with Gasteiger partial charge in [0.2, 0.25) is 0 Å². The SMILES string of the molecule is CCN[C@H]1CCC/C(=N/C(=O)OC(C)(C)C)C1. The van der Waals surface area contributed by atoms with Crippen LogP contribution in [0.1, 0.15) is 53.4 Å². The second-order valence-electron chi connectivity index (χ2n) is 5.51. The predicted octanol–water partition coefficient (Wildman–Crippen LogP) is 2.91. The number of amides is 1. The molecule has 0 unspecified atom stereocenters. The minimum absolute atomic E-state index is 0.454. The van der Waals surface area contributed by atoms with Gasteiger partial charge >= 0.3 is 6.09 Å². The Labute approximate surface area is 104 Å². The van der Waals surface area contributed by atoms with Crippen LogP contribution in [0.2, 0.25) is 0 Å².